The van der Waals surface area contributed by atoms with E-state index in [9.17, 15) is 9.59 Å². The van der Waals surface area contributed by atoms with Crippen LogP contribution in [0.1, 0.15) is 24.3 Å². The third-order valence-corrected chi connectivity index (χ3v) is 3.43. The zero-order valence-electron chi connectivity index (χ0n) is 13.4. The summed E-state index contributed by atoms with van der Waals surface area (Å²) < 4.78 is 15.4. The van der Waals surface area contributed by atoms with Gasteiger partial charge in [0.1, 0.15) is 11.5 Å². The molecule has 1 heterocycles. The number of hydrogen-bond acceptors (Lipinski definition) is 5. The van der Waals surface area contributed by atoms with E-state index in [1.54, 1.807) is 37.3 Å². The fourth-order valence-corrected chi connectivity index (χ4v) is 2.22. The van der Waals surface area contributed by atoms with Crippen LogP contribution in [0.3, 0.4) is 0 Å². The largest absolute Gasteiger partial charge is 0.482 e. The number of carbonyl (C=O) groups excluding carboxylic acids is 2. The maximum atomic E-state index is 11.7. The average Bonchev–Trinajstić information content (AvgIpc) is 3.06. The highest BCUT2D eigenvalue weighted by Gasteiger charge is 2.14. The molecule has 2 aromatic rings. The predicted octanol–water partition coefficient (Wildman–Crippen LogP) is 3.04. The molecule has 0 aliphatic heterocycles. The number of ether oxygens (including phenoxy) is 2. The van der Waals surface area contributed by atoms with E-state index < -0.39 is 11.9 Å². The Bertz CT molecular complexity index is 699. The van der Waals surface area contributed by atoms with Crippen LogP contribution in [0.4, 0.5) is 0 Å². The number of aryl methyl sites for hydroxylation is 1. The molecule has 0 spiro atoms. The number of esters is 1. The topological polar surface area (TPSA) is 77.8 Å². The Morgan fingerprint density at radius 3 is 2.75 bits per heavy atom. The molecule has 1 aromatic heterocycles. The summed E-state index contributed by atoms with van der Waals surface area (Å²) in [5.74, 6) is 0.101. The summed E-state index contributed by atoms with van der Waals surface area (Å²) in [5.41, 5.74) is 0.806. The summed E-state index contributed by atoms with van der Waals surface area (Å²) in [6, 6.07) is 8.24. The molecule has 0 saturated carbocycles. The molecule has 0 fully saturated rings. The summed E-state index contributed by atoms with van der Waals surface area (Å²) in [5, 5.41) is 3.25. The minimum absolute atomic E-state index is 0.288. The van der Waals surface area contributed by atoms with E-state index in [1.807, 2.05) is 6.92 Å². The Morgan fingerprint density at radius 1 is 1.29 bits per heavy atom. The highest BCUT2D eigenvalue weighted by Crippen LogP contribution is 2.21. The van der Waals surface area contributed by atoms with Crippen molar-refractivity contribution in [1.82, 2.24) is 5.32 Å². The molecule has 1 N–H and O–H groups in total. The number of rotatable bonds is 7. The van der Waals surface area contributed by atoms with Crippen LogP contribution in [-0.4, -0.2) is 25.1 Å². The van der Waals surface area contributed by atoms with E-state index in [0.29, 0.717) is 16.5 Å². The second-order valence-electron chi connectivity index (χ2n) is 5.16. The quantitative estimate of drug-likeness (QED) is 0.776. The van der Waals surface area contributed by atoms with Gasteiger partial charge in [-0.05, 0) is 49.7 Å². The first kappa shape index (κ1) is 17.9. The fraction of sp³-hybridized carbons (Fsp3) is 0.294. The molecule has 0 radical (unpaired) electrons. The molecule has 0 unspecified atom stereocenters. The molecule has 24 heavy (non-hydrogen) atoms. The zero-order valence-corrected chi connectivity index (χ0v) is 14.1. The Morgan fingerprint density at radius 2 is 2.08 bits per heavy atom. The standard InChI is InChI=1S/C17H18ClNO5/c1-11-8-13(18)5-6-14(11)23-10-17(21)24-9-16(20)19-12(2)15-4-3-7-22-15/h3-8,12H,9-10H2,1-2H3,(H,19,20)/t12-/m0/s1. The Labute approximate surface area is 144 Å². The van der Waals surface area contributed by atoms with E-state index in [1.165, 1.54) is 6.26 Å². The van der Waals surface area contributed by atoms with Crippen LogP contribution in [0.15, 0.2) is 41.0 Å². The van der Waals surface area contributed by atoms with E-state index in [4.69, 9.17) is 25.5 Å². The summed E-state index contributed by atoms with van der Waals surface area (Å²) >= 11 is 5.84. The van der Waals surface area contributed by atoms with Gasteiger partial charge in [0.15, 0.2) is 13.2 Å². The maximum Gasteiger partial charge on any atom is 0.344 e. The molecule has 6 nitrogen and oxygen atoms in total. The number of carbonyl (C=O) groups is 2. The smallest absolute Gasteiger partial charge is 0.344 e. The van der Waals surface area contributed by atoms with Crippen molar-refractivity contribution in [2.75, 3.05) is 13.2 Å². The lowest BCUT2D eigenvalue weighted by Crippen LogP contribution is -2.31. The van der Waals surface area contributed by atoms with Crippen molar-refractivity contribution in [1.29, 1.82) is 0 Å². The molecule has 1 amide bonds. The molecule has 0 bridgehead atoms. The summed E-state index contributed by atoms with van der Waals surface area (Å²) in [7, 11) is 0. The van der Waals surface area contributed by atoms with Gasteiger partial charge in [-0.25, -0.2) is 4.79 Å². The third kappa shape index (κ3) is 5.31. The van der Waals surface area contributed by atoms with E-state index in [0.717, 1.165) is 5.56 Å². The number of furan rings is 1. The normalized spacial score (nSPS) is 11.6. The lowest BCUT2D eigenvalue weighted by atomic mass is 10.2. The summed E-state index contributed by atoms with van der Waals surface area (Å²) in [6.45, 7) is 2.91. The summed E-state index contributed by atoms with van der Waals surface area (Å²) in [4.78, 5) is 23.4. The van der Waals surface area contributed by atoms with Crippen LogP contribution in [0.2, 0.25) is 5.02 Å². The van der Waals surface area contributed by atoms with Crippen molar-refractivity contribution in [2.24, 2.45) is 0 Å². The number of halogens is 1. The van der Waals surface area contributed by atoms with Gasteiger partial charge in [-0.1, -0.05) is 11.6 Å². The molecule has 1 aromatic carbocycles. The summed E-state index contributed by atoms with van der Waals surface area (Å²) in [6.07, 6.45) is 1.52. The van der Waals surface area contributed by atoms with Crippen LogP contribution >= 0.6 is 11.6 Å². The van der Waals surface area contributed by atoms with Crippen molar-refractivity contribution in [3.63, 3.8) is 0 Å². The molecule has 0 saturated heterocycles. The van der Waals surface area contributed by atoms with Gasteiger partial charge in [0.2, 0.25) is 0 Å². The van der Waals surface area contributed by atoms with Crippen molar-refractivity contribution in [3.05, 3.63) is 52.9 Å². The monoisotopic (exact) mass is 351 g/mol. The van der Waals surface area contributed by atoms with E-state index in [2.05, 4.69) is 5.32 Å². The van der Waals surface area contributed by atoms with Gasteiger partial charge in [0, 0.05) is 5.02 Å². The van der Waals surface area contributed by atoms with Gasteiger partial charge in [0.25, 0.3) is 5.91 Å². The van der Waals surface area contributed by atoms with Crippen molar-refractivity contribution >= 4 is 23.5 Å². The Kier molecular flexibility index (Phi) is 6.26. The van der Waals surface area contributed by atoms with Gasteiger partial charge >= 0.3 is 5.97 Å². The van der Waals surface area contributed by atoms with Gasteiger partial charge in [0.05, 0.1) is 12.3 Å². The predicted molar refractivity (Wildman–Crippen MR) is 87.9 cm³/mol. The molecule has 7 heteroatoms. The first-order valence-corrected chi connectivity index (χ1v) is 7.71. The highest BCUT2D eigenvalue weighted by atomic mass is 35.5. The first-order valence-electron chi connectivity index (χ1n) is 7.33. The van der Waals surface area contributed by atoms with Gasteiger partial charge < -0.3 is 19.2 Å². The van der Waals surface area contributed by atoms with Crippen LogP contribution in [-0.2, 0) is 14.3 Å². The van der Waals surface area contributed by atoms with E-state index in [-0.39, 0.29) is 19.3 Å². The van der Waals surface area contributed by atoms with Crippen LogP contribution in [0.25, 0.3) is 0 Å². The van der Waals surface area contributed by atoms with Crippen molar-refractivity contribution < 1.29 is 23.5 Å². The molecular weight excluding hydrogens is 334 g/mol. The van der Waals surface area contributed by atoms with Crippen molar-refractivity contribution in [2.45, 2.75) is 19.9 Å². The van der Waals surface area contributed by atoms with Gasteiger partial charge in [-0.15, -0.1) is 0 Å². The minimum Gasteiger partial charge on any atom is -0.482 e. The molecule has 128 valence electrons. The minimum atomic E-state index is -0.634. The third-order valence-electron chi connectivity index (χ3n) is 3.19. The van der Waals surface area contributed by atoms with Gasteiger partial charge in [-0.3, -0.25) is 4.79 Å². The van der Waals surface area contributed by atoms with Crippen LogP contribution < -0.4 is 10.1 Å². The average molecular weight is 352 g/mol. The Balaban J connectivity index is 1.71. The van der Waals surface area contributed by atoms with Gasteiger partial charge in [-0.2, -0.15) is 0 Å². The molecule has 1 atom stereocenters. The van der Waals surface area contributed by atoms with Crippen LogP contribution in [0, 0.1) is 6.92 Å². The first-order chi connectivity index (χ1) is 11.5. The second-order valence-corrected chi connectivity index (χ2v) is 5.60. The highest BCUT2D eigenvalue weighted by molar-refractivity contribution is 6.30. The molecule has 0 aliphatic rings. The molecular formula is C17H18ClNO5. The second kappa shape index (κ2) is 8.40. The van der Waals surface area contributed by atoms with E-state index >= 15 is 0 Å². The maximum absolute atomic E-state index is 11.7. The fourth-order valence-electron chi connectivity index (χ4n) is 1.99. The molecule has 2 rings (SSSR count). The Hall–Kier alpha value is -2.47. The number of nitrogens with one attached hydrogen (secondary N) is 1. The molecule has 0 aliphatic carbocycles. The van der Waals surface area contributed by atoms with Crippen LogP contribution in [0.5, 0.6) is 5.75 Å². The number of hydrogen-bond donors (Lipinski definition) is 1. The number of benzene rings is 1. The number of amides is 1. The zero-order chi connectivity index (χ0) is 17.5. The lowest BCUT2D eigenvalue weighted by Gasteiger charge is -2.12. The van der Waals surface area contributed by atoms with Crippen molar-refractivity contribution in [3.8, 4) is 5.75 Å². The lowest BCUT2D eigenvalue weighted by molar-refractivity contribution is -0.150. The SMILES string of the molecule is Cc1cc(Cl)ccc1OCC(=O)OCC(=O)N[C@@H](C)c1ccco1.